The van der Waals surface area contributed by atoms with E-state index in [2.05, 4.69) is 15.5 Å². The maximum atomic E-state index is 12.0. The van der Waals surface area contributed by atoms with E-state index in [0.717, 1.165) is 29.8 Å². The van der Waals surface area contributed by atoms with Crippen molar-refractivity contribution < 1.29 is 9.90 Å². The first-order valence-electron chi connectivity index (χ1n) is 6.86. The van der Waals surface area contributed by atoms with Gasteiger partial charge < -0.3 is 10.4 Å². The van der Waals surface area contributed by atoms with Crippen molar-refractivity contribution >= 4 is 5.91 Å². The Morgan fingerprint density at radius 1 is 1.37 bits per heavy atom. The number of aryl methyl sites for hydroxylation is 2. The van der Waals surface area contributed by atoms with E-state index < -0.39 is 0 Å². The summed E-state index contributed by atoms with van der Waals surface area (Å²) < 4.78 is 0. The smallest absolute Gasteiger partial charge is 0.224 e. The number of nitrogens with one attached hydrogen (secondary N) is 2. The SMILES string of the molecule is CCC(CC)(CO)CNC(=O)Cc1c(C)n[nH]c1C. The van der Waals surface area contributed by atoms with Crippen molar-refractivity contribution in [3.63, 3.8) is 0 Å². The van der Waals surface area contributed by atoms with Gasteiger partial charge in [0.2, 0.25) is 5.91 Å². The molecule has 1 aromatic heterocycles. The molecule has 0 unspecified atom stereocenters. The van der Waals surface area contributed by atoms with E-state index in [1.54, 1.807) is 0 Å². The molecule has 3 N–H and O–H groups in total. The molecule has 0 fully saturated rings. The van der Waals surface area contributed by atoms with Crippen LogP contribution in [0.4, 0.5) is 0 Å². The Balaban J connectivity index is 2.57. The lowest BCUT2D eigenvalue weighted by Gasteiger charge is -2.29. The van der Waals surface area contributed by atoms with Crippen LogP contribution in [0.25, 0.3) is 0 Å². The summed E-state index contributed by atoms with van der Waals surface area (Å²) in [6, 6.07) is 0. The van der Waals surface area contributed by atoms with E-state index in [9.17, 15) is 9.90 Å². The summed E-state index contributed by atoms with van der Waals surface area (Å²) in [5.74, 6) is -0.0210. The van der Waals surface area contributed by atoms with Crippen molar-refractivity contribution in [3.8, 4) is 0 Å². The van der Waals surface area contributed by atoms with Crippen LogP contribution in [0, 0.1) is 19.3 Å². The van der Waals surface area contributed by atoms with E-state index in [1.165, 1.54) is 0 Å². The highest BCUT2D eigenvalue weighted by atomic mass is 16.3. The number of hydrogen-bond acceptors (Lipinski definition) is 3. The lowest BCUT2D eigenvalue weighted by atomic mass is 9.83. The summed E-state index contributed by atoms with van der Waals surface area (Å²) in [6.45, 7) is 8.50. The zero-order chi connectivity index (χ0) is 14.5. The second kappa shape index (κ2) is 6.70. The number of aliphatic hydroxyl groups excluding tert-OH is 1. The van der Waals surface area contributed by atoms with Gasteiger partial charge in [-0.15, -0.1) is 0 Å². The molecule has 108 valence electrons. The predicted octanol–water partition coefficient (Wildman–Crippen LogP) is 1.48. The van der Waals surface area contributed by atoms with Crippen molar-refractivity contribution in [1.82, 2.24) is 15.5 Å². The summed E-state index contributed by atoms with van der Waals surface area (Å²) in [6.07, 6.45) is 2.04. The average Bonchev–Trinajstić information content (AvgIpc) is 2.73. The standard InChI is InChI=1S/C14H25N3O2/c1-5-14(6-2,9-18)8-15-13(19)7-12-10(3)16-17-11(12)4/h18H,5-9H2,1-4H3,(H,15,19)(H,16,17). The van der Waals surface area contributed by atoms with Crippen LogP contribution in [0.1, 0.15) is 43.6 Å². The Morgan fingerprint density at radius 3 is 2.42 bits per heavy atom. The fourth-order valence-electron chi connectivity index (χ4n) is 2.12. The van der Waals surface area contributed by atoms with Gasteiger partial charge in [-0.25, -0.2) is 0 Å². The number of amides is 1. The molecule has 0 aliphatic carbocycles. The van der Waals surface area contributed by atoms with Crippen LogP contribution in [-0.4, -0.2) is 34.4 Å². The number of aromatic amines is 1. The van der Waals surface area contributed by atoms with Crippen LogP contribution in [0.5, 0.6) is 0 Å². The number of rotatable bonds is 7. The van der Waals surface area contributed by atoms with Gasteiger partial charge >= 0.3 is 0 Å². The Morgan fingerprint density at radius 2 is 2.00 bits per heavy atom. The van der Waals surface area contributed by atoms with E-state index in [1.807, 2.05) is 27.7 Å². The van der Waals surface area contributed by atoms with Gasteiger partial charge in [0.15, 0.2) is 0 Å². The van der Waals surface area contributed by atoms with Crippen LogP contribution >= 0.6 is 0 Å². The predicted molar refractivity (Wildman–Crippen MR) is 74.9 cm³/mol. The topological polar surface area (TPSA) is 78.0 Å². The summed E-state index contributed by atoms with van der Waals surface area (Å²) in [5.41, 5.74) is 2.56. The fourth-order valence-corrected chi connectivity index (χ4v) is 2.12. The minimum Gasteiger partial charge on any atom is -0.396 e. The van der Waals surface area contributed by atoms with Gasteiger partial charge in [-0.1, -0.05) is 13.8 Å². The van der Waals surface area contributed by atoms with E-state index >= 15 is 0 Å². The highest BCUT2D eigenvalue weighted by Crippen LogP contribution is 2.24. The number of carbonyl (C=O) groups is 1. The van der Waals surface area contributed by atoms with Gasteiger partial charge in [-0.2, -0.15) is 5.10 Å². The normalized spacial score (nSPS) is 11.6. The summed E-state index contributed by atoms with van der Waals surface area (Å²) >= 11 is 0. The van der Waals surface area contributed by atoms with Crippen LogP contribution < -0.4 is 5.32 Å². The monoisotopic (exact) mass is 267 g/mol. The molecule has 0 aromatic carbocycles. The highest BCUT2D eigenvalue weighted by Gasteiger charge is 2.26. The molecule has 1 rings (SSSR count). The Kier molecular flexibility index (Phi) is 5.54. The molecule has 0 aliphatic rings. The molecule has 1 aromatic rings. The van der Waals surface area contributed by atoms with Gasteiger partial charge in [-0.05, 0) is 26.7 Å². The number of hydrogen-bond donors (Lipinski definition) is 3. The molecule has 0 atom stereocenters. The van der Waals surface area contributed by atoms with E-state index in [-0.39, 0.29) is 17.9 Å². The maximum absolute atomic E-state index is 12.0. The van der Waals surface area contributed by atoms with Crippen LogP contribution in [0.3, 0.4) is 0 Å². The van der Waals surface area contributed by atoms with Crippen LogP contribution in [0.15, 0.2) is 0 Å². The van der Waals surface area contributed by atoms with E-state index in [0.29, 0.717) is 13.0 Å². The molecule has 5 nitrogen and oxygen atoms in total. The third kappa shape index (κ3) is 3.80. The number of H-pyrrole nitrogens is 1. The zero-order valence-corrected chi connectivity index (χ0v) is 12.3. The second-order valence-electron chi connectivity index (χ2n) is 5.23. The zero-order valence-electron chi connectivity index (χ0n) is 12.3. The molecule has 0 spiro atoms. The van der Waals surface area contributed by atoms with Crippen molar-refractivity contribution in [2.24, 2.45) is 5.41 Å². The van der Waals surface area contributed by atoms with Crippen LogP contribution in [0.2, 0.25) is 0 Å². The molecule has 5 heteroatoms. The summed E-state index contributed by atoms with van der Waals surface area (Å²) in [4.78, 5) is 12.0. The molecular weight excluding hydrogens is 242 g/mol. The molecule has 0 aliphatic heterocycles. The molecule has 0 saturated carbocycles. The summed E-state index contributed by atoms with van der Waals surface area (Å²) in [7, 11) is 0. The second-order valence-corrected chi connectivity index (χ2v) is 5.23. The van der Waals surface area contributed by atoms with Gasteiger partial charge in [0.1, 0.15) is 0 Å². The van der Waals surface area contributed by atoms with Gasteiger partial charge in [0, 0.05) is 23.2 Å². The van der Waals surface area contributed by atoms with Crippen molar-refractivity contribution in [2.45, 2.75) is 47.0 Å². The van der Waals surface area contributed by atoms with Crippen molar-refractivity contribution in [1.29, 1.82) is 0 Å². The highest BCUT2D eigenvalue weighted by molar-refractivity contribution is 5.79. The minimum atomic E-state index is -0.198. The maximum Gasteiger partial charge on any atom is 0.224 e. The largest absolute Gasteiger partial charge is 0.396 e. The first kappa shape index (κ1) is 15.7. The first-order chi connectivity index (χ1) is 8.98. The van der Waals surface area contributed by atoms with Crippen LogP contribution in [-0.2, 0) is 11.2 Å². The lowest BCUT2D eigenvalue weighted by Crippen LogP contribution is -2.40. The lowest BCUT2D eigenvalue weighted by molar-refractivity contribution is -0.121. The van der Waals surface area contributed by atoms with Crippen molar-refractivity contribution in [2.75, 3.05) is 13.2 Å². The average molecular weight is 267 g/mol. The Labute approximate surface area is 114 Å². The molecule has 0 bridgehead atoms. The number of carbonyl (C=O) groups excluding carboxylic acids is 1. The first-order valence-corrected chi connectivity index (χ1v) is 6.86. The molecule has 0 saturated heterocycles. The van der Waals surface area contributed by atoms with Gasteiger partial charge in [0.05, 0.1) is 18.7 Å². The Bertz CT molecular complexity index is 395. The number of aromatic nitrogens is 2. The minimum absolute atomic E-state index is 0.0210. The third-order valence-electron chi connectivity index (χ3n) is 4.11. The Hall–Kier alpha value is -1.36. The van der Waals surface area contributed by atoms with Gasteiger partial charge in [0.25, 0.3) is 0 Å². The molecule has 1 amide bonds. The molecule has 0 radical (unpaired) electrons. The van der Waals surface area contributed by atoms with Gasteiger partial charge in [-0.3, -0.25) is 9.89 Å². The third-order valence-corrected chi connectivity index (χ3v) is 4.11. The molecule has 19 heavy (non-hydrogen) atoms. The quantitative estimate of drug-likeness (QED) is 0.700. The summed E-state index contributed by atoms with van der Waals surface area (Å²) in [5, 5.41) is 19.4. The van der Waals surface area contributed by atoms with E-state index in [4.69, 9.17) is 0 Å². The molecule has 1 heterocycles. The van der Waals surface area contributed by atoms with Crippen molar-refractivity contribution in [3.05, 3.63) is 17.0 Å². The fraction of sp³-hybridized carbons (Fsp3) is 0.714. The number of nitrogens with zero attached hydrogens (tertiary/aromatic N) is 1. The molecular formula is C14H25N3O2. The number of aliphatic hydroxyl groups is 1.